The monoisotopic (exact) mass is 410 g/mol. The van der Waals surface area contributed by atoms with Gasteiger partial charge in [0.25, 0.3) is 5.56 Å². The Kier molecular flexibility index (Phi) is 4.82. The van der Waals surface area contributed by atoms with E-state index in [0.717, 1.165) is 10.0 Å². The number of nitrogen functional groups attached to an aromatic ring is 1. The normalized spacial score (nSPS) is 10.7. The van der Waals surface area contributed by atoms with Crippen LogP contribution in [0.5, 0.6) is 0 Å². The molecule has 0 aliphatic heterocycles. The van der Waals surface area contributed by atoms with Crippen molar-refractivity contribution in [3.8, 4) is 28.7 Å². The number of rotatable bonds is 3. The van der Waals surface area contributed by atoms with E-state index in [0.29, 0.717) is 17.1 Å². The Hall–Kier alpha value is -3.05. The molecule has 0 saturated carbocycles. The summed E-state index contributed by atoms with van der Waals surface area (Å²) in [7, 11) is 0. The summed E-state index contributed by atoms with van der Waals surface area (Å²) in [6, 6.07) is 12.3. The third kappa shape index (κ3) is 3.21. The topological polar surface area (TPSA) is 110 Å². The second-order valence-corrected chi connectivity index (χ2v) is 6.70. The fraction of sp³-hybridized carbons (Fsp3) is 0.167. The minimum absolute atomic E-state index is 0.0161. The molecule has 2 N–H and O–H groups in total. The highest BCUT2D eigenvalue weighted by Gasteiger charge is 2.19. The van der Waals surface area contributed by atoms with E-state index in [4.69, 9.17) is 5.73 Å². The van der Waals surface area contributed by atoms with Crippen LogP contribution in [0.25, 0.3) is 22.6 Å². The maximum Gasteiger partial charge on any atom is 0.267 e. The molecule has 1 aromatic carbocycles. The fourth-order valence-corrected chi connectivity index (χ4v) is 2.94. The van der Waals surface area contributed by atoms with Crippen molar-refractivity contribution in [2.75, 3.05) is 5.73 Å². The van der Waals surface area contributed by atoms with Crippen molar-refractivity contribution < 1.29 is 0 Å². The number of benzene rings is 1. The van der Waals surface area contributed by atoms with Crippen LogP contribution in [-0.4, -0.2) is 19.7 Å². The second kappa shape index (κ2) is 7.06. The second-order valence-electron chi connectivity index (χ2n) is 5.84. The lowest BCUT2D eigenvalue weighted by Gasteiger charge is -2.13. The van der Waals surface area contributed by atoms with Gasteiger partial charge in [0.2, 0.25) is 0 Å². The van der Waals surface area contributed by atoms with Crippen molar-refractivity contribution in [2.45, 2.75) is 19.9 Å². The maximum absolute atomic E-state index is 12.0. The predicted octanol–water partition coefficient (Wildman–Crippen LogP) is 3.16. The van der Waals surface area contributed by atoms with E-state index < -0.39 is 0 Å². The third-order valence-electron chi connectivity index (χ3n) is 3.71. The van der Waals surface area contributed by atoms with Gasteiger partial charge in [0.1, 0.15) is 23.2 Å². The number of aromatic nitrogens is 4. The summed E-state index contributed by atoms with van der Waals surface area (Å²) in [6.07, 6.45) is 0. The van der Waals surface area contributed by atoms with Gasteiger partial charge < -0.3 is 5.73 Å². The Morgan fingerprint density at radius 2 is 1.88 bits per heavy atom. The van der Waals surface area contributed by atoms with Gasteiger partial charge in [-0.05, 0) is 26.0 Å². The molecule has 0 saturated heterocycles. The Morgan fingerprint density at radius 3 is 2.54 bits per heavy atom. The SMILES string of the molecule is CC(C)n1nc(-c2nc(N)c(C#N)nc2-c2ccccc2Br)ccc1=O. The standard InChI is InChI=1S/C18H15BrN6O/c1-10(2)25-15(26)8-7-13(24-25)17-16(11-5-3-4-6-12(11)19)22-14(9-20)18(21)23-17/h3-8,10H,1-2H3,(H2,21,23). The lowest BCUT2D eigenvalue weighted by molar-refractivity contribution is 0.504. The van der Waals surface area contributed by atoms with Gasteiger partial charge in [0.05, 0.1) is 6.04 Å². The number of hydrogen-bond acceptors (Lipinski definition) is 6. The zero-order chi connectivity index (χ0) is 18.8. The molecule has 2 heterocycles. The molecule has 8 heteroatoms. The van der Waals surface area contributed by atoms with Crippen LogP contribution in [-0.2, 0) is 0 Å². The molecule has 3 rings (SSSR count). The van der Waals surface area contributed by atoms with E-state index in [1.54, 1.807) is 6.07 Å². The smallest absolute Gasteiger partial charge is 0.267 e. The van der Waals surface area contributed by atoms with Gasteiger partial charge in [-0.25, -0.2) is 14.6 Å². The number of anilines is 1. The summed E-state index contributed by atoms with van der Waals surface area (Å²) in [5, 5.41) is 13.7. The van der Waals surface area contributed by atoms with Gasteiger partial charge in [-0.15, -0.1) is 0 Å². The van der Waals surface area contributed by atoms with Crippen molar-refractivity contribution in [1.82, 2.24) is 19.7 Å². The molecule has 130 valence electrons. The van der Waals surface area contributed by atoms with Gasteiger partial charge >= 0.3 is 0 Å². The average molecular weight is 411 g/mol. The molecule has 0 unspecified atom stereocenters. The first-order valence-corrected chi connectivity index (χ1v) is 8.64. The molecule has 0 atom stereocenters. The molecular weight excluding hydrogens is 396 g/mol. The van der Waals surface area contributed by atoms with Crippen LogP contribution >= 0.6 is 15.9 Å². The number of nitrogens with two attached hydrogens (primary N) is 1. The average Bonchev–Trinajstić information content (AvgIpc) is 2.62. The molecule has 0 spiro atoms. The summed E-state index contributed by atoms with van der Waals surface area (Å²) in [5.41, 5.74) is 7.77. The molecule has 26 heavy (non-hydrogen) atoms. The highest BCUT2D eigenvalue weighted by molar-refractivity contribution is 9.10. The molecular formula is C18H15BrN6O. The minimum atomic E-state index is -0.208. The first-order chi connectivity index (χ1) is 12.4. The Balaban J connectivity index is 2.33. The molecule has 7 nitrogen and oxygen atoms in total. The lowest BCUT2D eigenvalue weighted by Crippen LogP contribution is -2.24. The first-order valence-electron chi connectivity index (χ1n) is 7.85. The zero-order valence-corrected chi connectivity index (χ0v) is 15.7. The number of hydrogen-bond donors (Lipinski definition) is 1. The van der Waals surface area contributed by atoms with Crippen LogP contribution in [0.15, 0.2) is 45.7 Å². The van der Waals surface area contributed by atoms with Crippen LogP contribution in [0.2, 0.25) is 0 Å². The van der Waals surface area contributed by atoms with E-state index in [1.807, 2.05) is 44.2 Å². The van der Waals surface area contributed by atoms with Crippen molar-refractivity contribution in [3.05, 3.63) is 56.9 Å². The van der Waals surface area contributed by atoms with E-state index in [-0.39, 0.29) is 23.1 Å². The van der Waals surface area contributed by atoms with Crippen LogP contribution in [0.1, 0.15) is 25.6 Å². The van der Waals surface area contributed by atoms with Crippen LogP contribution < -0.4 is 11.3 Å². The summed E-state index contributed by atoms with van der Waals surface area (Å²) >= 11 is 3.50. The van der Waals surface area contributed by atoms with Gasteiger partial charge in [-0.2, -0.15) is 10.4 Å². The molecule has 0 aliphatic carbocycles. The van der Waals surface area contributed by atoms with Crippen molar-refractivity contribution in [2.24, 2.45) is 0 Å². The Morgan fingerprint density at radius 1 is 1.15 bits per heavy atom. The van der Waals surface area contributed by atoms with Crippen molar-refractivity contribution in [3.63, 3.8) is 0 Å². The quantitative estimate of drug-likeness (QED) is 0.709. The number of nitrogens with zero attached hydrogens (tertiary/aromatic N) is 5. The first kappa shape index (κ1) is 17.8. The largest absolute Gasteiger partial charge is 0.381 e. The summed E-state index contributed by atoms with van der Waals surface area (Å²) in [6.45, 7) is 3.73. The minimum Gasteiger partial charge on any atom is -0.381 e. The molecule has 3 aromatic rings. The number of halogens is 1. The molecule has 0 fully saturated rings. The molecule has 0 bridgehead atoms. The summed E-state index contributed by atoms with van der Waals surface area (Å²) in [4.78, 5) is 20.8. The van der Waals surface area contributed by atoms with Crippen molar-refractivity contribution >= 4 is 21.7 Å². The molecule has 2 aromatic heterocycles. The molecule has 0 radical (unpaired) electrons. The van der Waals surface area contributed by atoms with Crippen LogP contribution in [0.3, 0.4) is 0 Å². The molecule has 0 aliphatic rings. The van der Waals surface area contributed by atoms with E-state index in [9.17, 15) is 10.1 Å². The zero-order valence-electron chi connectivity index (χ0n) is 14.1. The third-order valence-corrected chi connectivity index (χ3v) is 4.41. The fourth-order valence-electron chi connectivity index (χ4n) is 2.47. The van der Waals surface area contributed by atoms with E-state index >= 15 is 0 Å². The highest BCUT2D eigenvalue weighted by atomic mass is 79.9. The van der Waals surface area contributed by atoms with Gasteiger partial charge in [-0.3, -0.25) is 4.79 Å². The maximum atomic E-state index is 12.0. The van der Waals surface area contributed by atoms with Crippen LogP contribution in [0, 0.1) is 11.3 Å². The highest BCUT2D eigenvalue weighted by Crippen LogP contribution is 2.33. The number of nitriles is 1. The van der Waals surface area contributed by atoms with E-state index in [1.165, 1.54) is 10.7 Å². The lowest BCUT2D eigenvalue weighted by atomic mass is 10.1. The Bertz CT molecular complexity index is 1080. The summed E-state index contributed by atoms with van der Waals surface area (Å²) < 4.78 is 2.16. The van der Waals surface area contributed by atoms with Crippen molar-refractivity contribution in [1.29, 1.82) is 5.26 Å². The van der Waals surface area contributed by atoms with E-state index in [2.05, 4.69) is 31.0 Å². The molecule has 0 amide bonds. The summed E-state index contributed by atoms with van der Waals surface area (Å²) in [5.74, 6) is 0.0161. The van der Waals surface area contributed by atoms with Gasteiger partial charge in [0, 0.05) is 16.1 Å². The Labute approximate surface area is 158 Å². The predicted molar refractivity (Wildman–Crippen MR) is 102 cm³/mol. The van der Waals surface area contributed by atoms with Crippen LogP contribution in [0.4, 0.5) is 5.82 Å². The van der Waals surface area contributed by atoms with Gasteiger partial charge in [0.15, 0.2) is 11.5 Å². The van der Waals surface area contributed by atoms with Gasteiger partial charge in [-0.1, -0.05) is 34.1 Å².